The molecule has 4 unspecified atom stereocenters. The highest BCUT2D eigenvalue weighted by atomic mass is 16.6. The molecule has 208 valence electrons. The van der Waals surface area contributed by atoms with Gasteiger partial charge >= 0.3 is 17.9 Å². The van der Waals surface area contributed by atoms with Crippen LogP contribution in [0.25, 0.3) is 12.2 Å². The van der Waals surface area contributed by atoms with Gasteiger partial charge in [0.25, 0.3) is 0 Å². The molecule has 1 aliphatic rings. The Morgan fingerprint density at radius 3 is 1.85 bits per heavy atom. The van der Waals surface area contributed by atoms with Gasteiger partial charge in [0.15, 0.2) is 23.0 Å². The van der Waals surface area contributed by atoms with Crippen molar-refractivity contribution in [2.45, 2.75) is 36.8 Å². The molecule has 0 heterocycles. The van der Waals surface area contributed by atoms with Crippen LogP contribution in [0.4, 0.5) is 0 Å². The molecule has 0 aliphatic heterocycles. The first-order valence-corrected chi connectivity index (χ1v) is 11.6. The maximum Gasteiger partial charge on any atom is 0.348 e. The minimum atomic E-state index is -2.30. The third-order valence-electron chi connectivity index (χ3n) is 6.03. The number of ether oxygens (including phenoxy) is 4. The van der Waals surface area contributed by atoms with Gasteiger partial charge in [-0.1, -0.05) is 12.1 Å². The molecule has 5 N–H and O–H groups in total. The number of benzene rings is 2. The van der Waals surface area contributed by atoms with E-state index in [-0.39, 0.29) is 23.0 Å². The summed E-state index contributed by atoms with van der Waals surface area (Å²) in [5.41, 5.74) is -1.39. The fourth-order valence-electron chi connectivity index (χ4n) is 3.99. The number of hydrogen-bond acceptors (Lipinski definition) is 11. The number of methoxy groups -OCH3 is 2. The number of esters is 2. The van der Waals surface area contributed by atoms with Crippen LogP contribution in [0.2, 0.25) is 0 Å². The van der Waals surface area contributed by atoms with Crippen LogP contribution in [0.15, 0.2) is 48.6 Å². The molecule has 2 aromatic rings. The van der Waals surface area contributed by atoms with Gasteiger partial charge in [-0.05, 0) is 47.5 Å². The average molecular weight is 545 g/mol. The quantitative estimate of drug-likeness (QED) is 0.227. The van der Waals surface area contributed by atoms with Gasteiger partial charge in [-0.3, -0.25) is 0 Å². The summed E-state index contributed by atoms with van der Waals surface area (Å²) in [4.78, 5) is 37.1. The fourth-order valence-corrected chi connectivity index (χ4v) is 3.99. The number of aliphatic hydroxyl groups is 2. The topological polar surface area (TPSA) is 189 Å². The standard InChI is InChI=1S/C27H28O12/c1-36-20-11-15(3-7-17(20)28)5-9-23(31)38-22-14-27(26(34)35,13-19(30)25(22)33)39-24(32)10-6-16-4-8-18(29)21(12-16)37-2/h3-12,19,22,25,28-30,33H,13-14H2,1-2H3,(H,34,35). The van der Waals surface area contributed by atoms with E-state index in [0.29, 0.717) is 11.1 Å². The second-order valence-electron chi connectivity index (χ2n) is 8.69. The van der Waals surface area contributed by atoms with Crippen LogP contribution < -0.4 is 9.47 Å². The Morgan fingerprint density at radius 1 is 0.846 bits per heavy atom. The number of carboxylic acid groups (broad SMARTS) is 1. The van der Waals surface area contributed by atoms with Crippen molar-refractivity contribution in [3.8, 4) is 23.0 Å². The van der Waals surface area contributed by atoms with Crippen molar-refractivity contribution in [1.29, 1.82) is 0 Å². The summed E-state index contributed by atoms with van der Waals surface area (Å²) in [6, 6.07) is 8.56. The molecule has 2 aromatic carbocycles. The summed E-state index contributed by atoms with van der Waals surface area (Å²) in [7, 11) is 2.70. The van der Waals surface area contributed by atoms with Gasteiger partial charge in [-0.15, -0.1) is 0 Å². The van der Waals surface area contributed by atoms with Crippen LogP contribution in [-0.2, 0) is 23.9 Å². The van der Waals surface area contributed by atoms with E-state index >= 15 is 0 Å². The second kappa shape index (κ2) is 12.3. The zero-order chi connectivity index (χ0) is 28.7. The molecule has 0 aromatic heterocycles. The van der Waals surface area contributed by atoms with E-state index < -0.39 is 54.7 Å². The van der Waals surface area contributed by atoms with Crippen molar-refractivity contribution >= 4 is 30.1 Å². The zero-order valence-electron chi connectivity index (χ0n) is 21.0. The number of carbonyl (C=O) groups excluding carboxylic acids is 2. The molecule has 12 heteroatoms. The van der Waals surface area contributed by atoms with Crippen molar-refractivity contribution in [3.63, 3.8) is 0 Å². The van der Waals surface area contributed by atoms with Gasteiger partial charge in [0.1, 0.15) is 12.2 Å². The fraction of sp³-hybridized carbons (Fsp3) is 0.296. The SMILES string of the molecule is COc1cc(C=CC(=O)OC2CC(OC(=O)C=Cc3ccc(O)c(OC)c3)(C(=O)O)CC(O)C2O)ccc1O. The maximum absolute atomic E-state index is 12.5. The molecule has 1 aliphatic carbocycles. The summed E-state index contributed by atoms with van der Waals surface area (Å²) >= 11 is 0. The highest BCUT2D eigenvalue weighted by Crippen LogP contribution is 2.35. The molecule has 0 amide bonds. The van der Waals surface area contributed by atoms with Crippen LogP contribution in [0, 0.1) is 0 Å². The van der Waals surface area contributed by atoms with Crippen LogP contribution in [-0.4, -0.2) is 81.6 Å². The molecule has 3 rings (SSSR count). The Labute approximate surface area is 222 Å². The largest absolute Gasteiger partial charge is 0.504 e. The Bertz CT molecular complexity index is 1280. The first-order valence-electron chi connectivity index (χ1n) is 11.6. The molecular weight excluding hydrogens is 516 g/mol. The van der Waals surface area contributed by atoms with Crippen molar-refractivity contribution < 1.29 is 58.9 Å². The molecule has 0 bridgehead atoms. The summed E-state index contributed by atoms with van der Waals surface area (Å²) in [6.45, 7) is 0. The Morgan fingerprint density at radius 2 is 1.36 bits per heavy atom. The molecule has 4 atom stereocenters. The number of hydrogen-bond donors (Lipinski definition) is 5. The minimum Gasteiger partial charge on any atom is -0.504 e. The van der Waals surface area contributed by atoms with Gasteiger partial charge < -0.3 is 44.5 Å². The van der Waals surface area contributed by atoms with Crippen LogP contribution >= 0.6 is 0 Å². The third kappa shape index (κ3) is 7.06. The summed E-state index contributed by atoms with van der Waals surface area (Å²) < 4.78 is 20.4. The van der Waals surface area contributed by atoms with Gasteiger partial charge in [0, 0.05) is 25.0 Å². The predicted molar refractivity (Wildman–Crippen MR) is 135 cm³/mol. The van der Waals surface area contributed by atoms with Crippen LogP contribution in [0.3, 0.4) is 0 Å². The monoisotopic (exact) mass is 544 g/mol. The van der Waals surface area contributed by atoms with E-state index in [1.807, 2.05) is 0 Å². The number of aromatic hydroxyl groups is 2. The molecule has 1 saturated carbocycles. The first kappa shape index (κ1) is 29.0. The van der Waals surface area contributed by atoms with E-state index in [1.54, 1.807) is 0 Å². The molecule has 0 spiro atoms. The summed E-state index contributed by atoms with van der Waals surface area (Å²) in [5, 5.41) is 49.9. The van der Waals surface area contributed by atoms with Crippen LogP contribution in [0.1, 0.15) is 24.0 Å². The first-order chi connectivity index (χ1) is 18.5. The lowest BCUT2D eigenvalue weighted by Gasteiger charge is -2.41. The maximum atomic E-state index is 12.5. The molecular formula is C27H28O12. The third-order valence-corrected chi connectivity index (χ3v) is 6.03. The van der Waals surface area contributed by atoms with Gasteiger partial charge in [-0.25, -0.2) is 14.4 Å². The van der Waals surface area contributed by atoms with Gasteiger partial charge in [0.05, 0.1) is 20.3 Å². The van der Waals surface area contributed by atoms with E-state index in [9.17, 15) is 39.9 Å². The molecule has 12 nitrogen and oxygen atoms in total. The smallest absolute Gasteiger partial charge is 0.348 e. The molecule has 1 fully saturated rings. The van der Waals surface area contributed by atoms with E-state index in [4.69, 9.17) is 18.9 Å². The van der Waals surface area contributed by atoms with Crippen molar-refractivity contribution in [3.05, 3.63) is 59.7 Å². The number of carbonyl (C=O) groups is 3. The predicted octanol–water partition coefficient (Wildman–Crippen LogP) is 1.64. The van der Waals surface area contributed by atoms with Crippen molar-refractivity contribution in [1.82, 2.24) is 0 Å². The lowest BCUT2D eigenvalue weighted by molar-refractivity contribution is -0.207. The van der Waals surface area contributed by atoms with Gasteiger partial charge in [-0.2, -0.15) is 0 Å². The minimum absolute atomic E-state index is 0.103. The molecule has 0 saturated heterocycles. The number of phenolic OH excluding ortho intramolecular Hbond substituents is 2. The molecule has 39 heavy (non-hydrogen) atoms. The Kier molecular flexibility index (Phi) is 9.17. The number of phenols is 2. The number of aliphatic carboxylic acids is 1. The lowest BCUT2D eigenvalue weighted by atomic mass is 9.79. The Balaban J connectivity index is 1.73. The normalized spacial score (nSPS) is 22.9. The second-order valence-corrected chi connectivity index (χ2v) is 8.69. The van der Waals surface area contributed by atoms with Crippen molar-refractivity contribution in [2.24, 2.45) is 0 Å². The highest BCUT2D eigenvalue weighted by molar-refractivity contribution is 5.91. The van der Waals surface area contributed by atoms with Crippen molar-refractivity contribution in [2.75, 3.05) is 14.2 Å². The molecule has 0 radical (unpaired) electrons. The number of aliphatic hydroxyl groups excluding tert-OH is 2. The highest BCUT2D eigenvalue weighted by Gasteiger charge is 2.54. The zero-order valence-corrected chi connectivity index (χ0v) is 21.0. The van der Waals surface area contributed by atoms with E-state index in [1.165, 1.54) is 62.8 Å². The van der Waals surface area contributed by atoms with E-state index in [2.05, 4.69) is 0 Å². The average Bonchev–Trinajstić information content (AvgIpc) is 2.90. The Hall–Kier alpha value is -4.55. The number of carboxylic acids is 1. The number of rotatable bonds is 9. The lowest BCUT2D eigenvalue weighted by Crippen LogP contribution is -2.58. The van der Waals surface area contributed by atoms with E-state index in [0.717, 1.165) is 12.2 Å². The van der Waals surface area contributed by atoms with Crippen LogP contribution in [0.5, 0.6) is 23.0 Å². The van der Waals surface area contributed by atoms with Gasteiger partial charge in [0.2, 0.25) is 5.60 Å². The summed E-state index contributed by atoms with van der Waals surface area (Å²) in [5.74, 6) is -3.53. The summed E-state index contributed by atoms with van der Waals surface area (Å²) in [6.07, 6.45) is -1.52.